The summed E-state index contributed by atoms with van der Waals surface area (Å²) >= 11 is 0. The number of morpholine rings is 1. The molecule has 0 aromatic carbocycles. The van der Waals surface area contributed by atoms with Crippen molar-refractivity contribution in [3.05, 3.63) is 0 Å². The van der Waals surface area contributed by atoms with Gasteiger partial charge in [0, 0.05) is 12.8 Å². The number of hydrogen-bond donors (Lipinski definition) is 0. The summed E-state index contributed by atoms with van der Waals surface area (Å²) in [5, 5.41) is 9.94. The average Bonchev–Trinajstić information content (AvgIpc) is 2.26. The van der Waals surface area contributed by atoms with E-state index in [0.717, 1.165) is 12.8 Å². The Labute approximate surface area is 89.5 Å². The third-order valence-corrected chi connectivity index (χ3v) is 2.12. The second-order valence-corrected chi connectivity index (χ2v) is 3.37. The Kier molecular flexibility index (Phi) is 5.74. The monoisotopic (exact) mass is 212 g/mol. The summed E-state index contributed by atoms with van der Waals surface area (Å²) in [7, 11) is 0. The van der Waals surface area contributed by atoms with E-state index in [4.69, 9.17) is 14.8 Å². The lowest BCUT2D eigenvalue weighted by atomic mass is 10.2. The molecule has 5 heteroatoms. The second-order valence-electron chi connectivity index (χ2n) is 3.37. The summed E-state index contributed by atoms with van der Waals surface area (Å²) in [5.41, 5.74) is 0. The van der Waals surface area contributed by atoms with Gasteiger partial charge in [0.15, 0.2) is 0 Å². The second kappa shape index (κ2) is 7.21. The van der Waals surface area contributed by atoms with Gasteiger partial charge in [0.1, 0.15) is 0 Å². The Bertz CT molecular complexity index is 231. The fraction of sp³-hybridized carbons (Fsp3) is 0.800. The van der Waals surface area contributed by atoms with Crippen molar-refractivity contribution in [3.63, 3.8) is 0 Å². The van der Waals surface area contributed by atoms with E-state index >= 15 is 0 Å². The Morgan fingerprint density at radius 2 is 2.13 bits per heavy atom. The molecular weight excluding hydrogens is 196 g/mol. The maximum Gasteiger partial charge on any atom is 0.325 e. The summed E-state index contributed by atoms with van der Waals surface area (Å²) in [6.45, 7) is 2.51. The van der Waals surface area contributed by atoms with Gasteiger partial charge in [-0.05, 0) is 12.8 Å². The molecule has 0 spiro atoms. The first-order chi connectivity index (χ1) is 7.33. The maximum atomic E-state index is 11.3. The zero-order valence-electron chi connectivity index (χ0n) is 8.78. The molecule has 1 aliphatic heterocycles. The normalized spacial score (nSPS) is 17.0. The first-order valence-electron chi connectivity index (χ1n) is 5.23. The van der Waals surface area contributed by atoms with E-state index in [0.29, 0.717) is 39.1 Å². The summed E-state index contributed by atoms with van der Waals surface area (Å²) in [6, 6.07) is 2.04. The quantitative estimate of drug-likeness (QED) is 0.632. The lowest BCUT2D eigenvalue weighted by Crippen LogP contribution is -2.37. The number of carbonyl (C=O) groups is 1. The largest absolute Gasteiger partial charge is 0.379 e. The molecule has 84 valence electrons. The molecule has 0 radical (unpaired) electrons. The molecule has 0 aromatic heterocycles. The summed E-state index contributed by atoms with van der Waals surface area (Å²) in [4.78, 5) is 16.4. The van der Waals surface area contributed by atoms with E-state index in [-0.39, 0.29) is 5.97 Å². The van der Waals surface area contributed by atoms with Gasteiger partial charge in [-0.1, -0.05) is 0 Å². The molecule has 1 rings (SSSR count). The van der Waals surface area contributed by atoms with Gasteiger partial charge in [-0.2, -0.15) is 5.26 Å². The maximum absolute atomic E-state index is 11.3. The van der Waals surface area contributed by atoms with Crippen LogP contribution in [0.5, 0.6) is 0 Å². The standard InChI is InChI=1S/C10H16N2O3/c11-5-3-1-2-4-10(13)15-12-6-8-14-9-7-12/h1-4,6-9H2. The number of unbranched alkanes of at least 4 members (excludes halogenated alkanes) is 2. The highest BCUT2D eigenvalue weighted by Gasteiger charge is 2.14. The molecule has 15 heavy (non-hydrogen) atoms. The van der Waals surface area contributed by atoms with E-state index in [9.17, 15) is 4.79 Å². The molecule has 1 saturated heterocycles. The molecule has 1 aliphatic rings. The predicted molar refractivity (Wildman–Crippen MR) is 52.6 cm³/mol. The third kappa shape index (κ3) is 5.35. The topological polar surface area (TPSA) is 62.6 Å². The molecule has 1 heterocycles. The number of hydroxylamine groups is 2. The van der Waals surface area contributed by atoms with Crippen LogP contribution in [0.3, 0.4) is 0 Å². The number of hydrogen-bond acceptors (Lipinski definition) is 5. The van der Waals surface area contributed by atoms with E-state index in [2.05, 4.69) is 0 Å². The van der Waals surface area contributed by atoms with Crippen molar-refractivity contribution in [1.82, 2.24) is 5.06 Å². The number of nitrogens with zero attached hydrogens (tertiary/aromatic N) is 2. The lowest BCUT2D eigenvalue weighted by Gasteiger charge is -2.24. The molecule has 0 aromatic rings. The molecule has 0 amide bonds. The van der Waals surface area contributed by atoms with Crippen molar-refractivity contribution in [1.29, 1.82) is 5.26 Å². The number of rotatable bonds is 5. The van der Waals surface area contributed by atoms with Crippen LogP contribution < -0.4 is 0 Å². The molecule has 1 fully saturated rings. The van der Waals surface area contributed by atoms with Crippen LogP contribution in [0.25, 0.3) is 0 Å². The zero-order valence-corrected chi connectivity index (χ0v) is 8.78. The van der Waals surface area contributed by atoms with Crippen LogP contribution in [-0.4, -0.2) is 37.3 Å². The summed E-state index contributed by atoms with van der Waals surface area (Å²) in [6.07, 6.45) is 2.37. The molecule has 0 aliphatic carbocycles. The van der Waals surface area contributed by atoms with E-state index < -0.39 is 0 Å². The van der Waals surface area contributed by atoms with Crippen molar-refractivity contribution in [2.24, 2.45) is 0 Å². The lowest BCUT2D eigenvalue weighted by molar-refractivity contribution is -0.205. The van der Waals surface area contributed by atoms with Gasteiger partial charge >= 0.3 is 5.97 Å². The molecule has 0 saturated carbocycles. The molecule has 0 N–H and O–H groups in total. The predicted octanol–water partition coefficient (Wildman–Crippen LogP) is 0.861. The Morgan fingerprint density at radius 1 is 1.40 bits per heavy atom. The molecular formula is C10H16N2O3. The van der Waals surface area contributed by atoms with Crippen molar-refractivity contribution >= 4 is 5.97 Å². The summed E-state index contributed by atoms with van der Waals surface area (Å²) < 4.78 is 5.13. The van der Waals surface area contributed by atoms with Crippen molar-refractivity contribution in [2.45, 2.75) is 25.7 Å². The van der Waals surface area contributed by atoms with Crippen LogP contribution in [0, 0.1) is 11.3 Å². The van der Waals surface area contributed by atoms with Crippen LogP contribution in [-0.2, 0) is 14.4 Å². The molecule has 5 nitrogen and oxygen atoms in total. The number of ether oxygens (including phenoxy) is 1. The van der Waals surface area contributed by atoms with Gasteiger partial charge in [-0.3, -0.25) is 4.79 Å². The molecule has 0 atom stereocenters. The van der Waals surface area contributed by atoms with Crippen LogP contribution in [0.1, 0.15) is 25.7 Å². The van der Waals surface area contributed by atoms with Crippen LogP contribution >= 0.6 is 0 Å². The number of carbonyl (C=O) groups excluding carboxylic acids is 1. The fourth-order valence-corrected chi connectivity index (χ4v) is 1.30. The summed E-state index contributed by atoms with van der Waals surface area (Å²) in [5.74, 6) is -0.213. The van der Waals surface area contributed by atoms with Gasteiger partial charge in [0.2, 0.25) is 0 Å². The highest BCUT2D eigenvalue weighted by atomic mass is 16.7. The van der Waals surface area contributed by atoms with Crippen molar-refractivity contribution < 1.29 is 14.4 Å². The fourth-order valence-electron chi connectivity index (χ4n) is 1.30. The third-order valence-electron chi connectivity index (χ3n) is 2.12. The van der Waals surface area contributed by atoms with Crippen molar-refractivity contribution in [3.8, 4) is 6.07 Å². The van der Waals surface area contributed by atoms with E-state index in [1.165, 1.54) is 0 Å². The van der Waals surface area contributed by atoms with E-state index in [1.807, 2.05) is 6.07 Å². The van der Waals surface area contributed by atoms with Gasteiger partial charge < -0.3 is 9.57 Å². The Hall–Kier alpha value is -1.12. The minimum Gasteiger partial charge on any atom is -0.379 e. The van der Waals surface area contributed by atoms with Crippen LogP contribution in [0.4, 0.5) is 0 Å². The Morgan fingerprint density at radius 3 is 2.80 bits per heavy atom. The first-order valence-corrected chi connectivity index (χ1v) is 5.23. The number of nitriles is 1. The van der Waals surface area contributed by atoms with Crippen molar-refractivity contribution in [2.75, 3.05) is 26.3 Å². The Balaban J connectivity index is 2.04. The van der Waals surface area contributed by atoms with Gasteiger partial charge in [0.05, 0.1) is 32.4 Å². The highest BCUT2D eigenvalue weighted by Crippen LogP contribution is 2.04. The molecule has 0 bridgehead atoms. The van der Waals surface area contributed by atoms with Gasteiger partial charge in [-0.15, -0.1) is 5.06 Å². The van der Waals surface area contributed by atoms with Crippen LogP contribution in [0.2, 0.25) is 0 Å². The minimum atomic E-state index is -0.213. The first kappa shape index (κ1) is 12.0. The highest BCUT2D eigenvalue weighted by molar-refractivity contribution is 5.68. The van der Waals surface area contributed by atoms with Crippen LogP contribution in [0.15, 0.2) is 0 Å². The molecule has 0 unspecified atom stereocenters. The van der Waals surface area contributed by atoms with E-state index in [1.54, 1.807) is 5.06 Å². The average molecular weight is 212 g/mol. The minimum absolute atomic E-state index is 0.213. The van der Waals surface area contributed by atoms with Gasteiger partial charge in [-0.25, -0.2) is 0 Å². The zero-order chi connectivity index (χ0) is 10.9. The smallest absolute Gasteiger partial charge is 0.325 e. The van der Waals surface area contributed by atoms with Gasteiger partial charge in [0.25, 0.3) is 0 Å². The SMILES string of the molecule is N#CCCCCC(=O)ON1CCOCC1.